The Bertz CT molecular complexity index is 581. The number of nitrogens with zero attached hydrogens (tertiary/aromatic N) is 3. The third-order valence-corrected chi connectivity index (χ3v) is 7.00. The van der Waals surface area contributed by atoms with E-state index in [1.165, 1.54) is 35.7 Å². The van der Waals surface area contributed by atoms with Gasteiger partial charge in [0.2, 0.25) is 5.91 Å². The highest BCUT2D eigenvalue weighted by atomic mass is 32.1. The maximum Gasteiger partial charge on any atom is 0.222 e. The molecule has 2 atom stereocenters. The summed E-state index contributed by atoms with van der Waals surface area (Å²) in [5, 5.41) is 0. The van der Waals surface area contributed by atoms with Crippen molar-refractivity contribution in [1.82, 2.24) is 14.7 Å². The van der Waals surface area contributed by atoms with E-state index in [-0.39, 0.29) is 0 Å². The molecule has 3 aliphatic heterocycles. The molecule has 1 aromatic rings. The van der Waals surface area contributed by atoms with Crippen LogP contribution in [-0.4, -0.2) is 65.4 Å². The third-order valence-electron chi connectivity index (χ3n) is 6.01. The zero-order valence-corrected chi connectivity index (χ0v) is 15.6. The van der Waals surface area contributed by atoms with E-state index in [2.05, 4.69) is 33.8 Å². The van der Waals surface area contributed by atoms with Crippen LogP contribution in [0.15, 0.2) is 12.1 Å². The van der Waals surface area contributed by atoms with Crippen LogP contribution in [-0.2, 0) is 11.3 Å². The van der Waals surface area contributed by atoms with E-state index in [9.17, 15) is 4.79 Å². The normalized spacial score (nSPS) is 28.7. The lowest BCUT2D eigenvalue weighted by Crippen LogP contribution is -2.53. The van der Waals surface area contributed by atoms with E-state index >= 15 is 0 Å². The van der Waals surface area contributed by atoms with Crippen molar-refractivity contribution >= 4 is 17.2 Å². The molecule has 24 heavy (non-hydrogen) atoms. The number of hydrogen-bond acceptors (Lipinski definition) is 4. The van der Waals surface area contributed by atoms with Crippen LogP contribution in [0.4, 0.5) is 0 Å². The van der Waals surface area contributed by atoms with Gasteiger partial charge in [-0.05, 0) is 57.8 Å². The second kappa shape index (κ2) is 7.14. The molecule has 0 bridgehead atoms. The SMILES string of the molecule is Cc1ccc(CN2CC[C@@H]3[C@H]2CCC(=O)N3CCN2CCCC2)s1. The molecule has 1 aromatic heterocycles. The molecule has 4 rings (SSSR count). The highest BCUT2D eigenvalue weighted by molar-refractivity contribution is 7.11. The number of amides is 1. The summed E-state index contributed by atoms with van der Waals surface area (Å²) >= 11 is 1.91. The molecule has 3 aliphatic rings. The molecule has 0 N–H and O–H groups in total. The first kappa shape index (κ1) is 16.6. The topological polar surface area (TPSA) is 26.8 Å². The van der Waals surface area contributed by atoms with E-state index in [1.807, 2.05) is 11.3 Å². The molecule has 132 valence electrons. The van der Waals surface area contributed by atoms with Crippen molar-refractivity contribution in [2.45, 2.75) is 57.7 Å². The molecule has 3 saturated heterocycles. The van der Waals surface area contributed by atoms with Crippen molar-refractivity contribution in [2.24, 2.45) is 0 Å². The predicted molar refractivity (Wildman–Crippen MR) is 98.3 cm³/mol. The summed E-state index contributed by atoms with van der Waals surface area (Å²) in [7, 11) is 0. The molecule has 0 aliphatic carbocycles. The van der Waals surface area contributed by atoms with Gasteiger partial charge >= 0.3 is 0 Å². The first-order valence-corrected chi connectivity index (χ1v) is 10.3. The summed E-state index contributed by atoms with van der Waals surface area (Å²) in [6, 6.07) is 5.52. The standard InChI is InChI=1S/C19H29N3OS/c1-15-4-5-16(24-15)14-21-11-8-18-17(21)6-7-19(23)22(18)13-12-20-9-2-3-10-20/h4-5,17-18H,2-3,6-14H2,1H3/t17-,18-/m1/s1. The van der Waals surface area contributed by atoms with Gasteiger partial charge in [-0.2, -0.15) is 0 Å². The average molecular weight is 348 g/mol. The van der Waals surface area contributed by atoms with Crippen LogP contribution in [0.25, 0.3) is 0 Å². The zero-order valence-electron chi connectivity index (χ0n) is 14.7. The quantitative estimate of drug-likeness (QED) is 0.819. The Balaban J connectivity index is 1.38. The Morgan fingerprint density at radius 1 is 1.08 bits per heavy atom. The molecule has 4 heterocycles. The van der Waals surface area contributed by atoms with E-state index in [0.717, 1.165) is 45.4 Å². The fraction of sp³-hybridized carbons (Fsp3) is 0.737. The van der Waals surface area contributed by atoms with Crippen LogP contribution in [0.2, 0.25) is 0 Å². The second-order valence-corrected chi connectivity index (χ2v) is 8.95. The molecule has 0 saturated carbocycles. The number of aryl methyl sites for hydroxylation is 1. The van der Waals surface area contributed by atoms with Crippen LogP contribution in [0.5, 0.6) is 0 Å². The smallest absolute Gasteiger partial charge is 0.222 e. The highest BCUT2D eigenvalue weighted by Crippen LogP contribution is 2.33. The van der Waals surface area contributed by atoms with Crippen LogP contribution >= 0.6 is 11.3 Å². The molecule has 0 aromatic carbocycles. The van der Waals surface area contributed by atoms with Crippen LogP contribution < -0.4 is 0 Å². The summed E-state index contributed by atoms with van der Waals surface area (Å²) < 4.78 is 0. The Morgan fingerprint density at radius 2 is 1.92 bits per heavy atom. The van der Waals surface area contributed by atoms with E-state index < -0.39 is 0 Å². The third kappa shape index (κ3) is 3.39. The molecule has 0 radical (unpaired) electrons. The maximum atomic E-state index is 12.5. The number of carbonyl (C=O) groups excluding carboxylic acids is 1. The molecule has 1 amide bonds. The Morgan fingerprint density at radius 3 is 2.67 bits per heavy atom. The fourth-order valence-electron chi connectivity index (χ4n) is 4.75. The first-order chi connectivity index (χ1) is 11.7. The largest absolute Gasteiger partial charge is 0.337 e. The minimum absolute atomic E-state index is 0.393. The Hall–Kier alpha value is -0.910. The molecule has 5 heteroatoms. The number of fused-ring (bicyclic) bond motifs is 1. The van der Waals surface area contributed by atoms with Crippen molar-refractivity contribution < 1.29 is 4.79 Å². The van der Waals surface area contributed by atoms with Gasteiger partial charge in [0, 0.05) is 54.4 Å². The number of rotatable bonds is 5. The van der Waals surface area contributed by atoms with Crippen LogP contribution in [0.3, 0.4) is 0 Å². The summed E-state index contributed by atoms with van der Waals surface area (Å²) in [5.41, 5.74) is 0. The molecule has 3 fully saturated rings. The number of piperidine rings is 1. The fourth-order valence-corrected chi connectivity index (χ4v) is 5.67. The monoisotopic (exact) mass is 347 g/mol. The summed E-state index contributed by atoms with van der Waals surface area (Å²) in [5.74, 6) is 0.393. The summed E-state index contributed by atoms with van der Waals surface area (Å²) in [6.07, 6.45) is 5.60. The molecular weight excluding hydrogens is 318 g/mol. The Kier molecular flexibility index (Phi) is 4.93. The van der Waals surface area contributed by atoms with Crippen molar-refractivity contribution in [1.29, 1.82) is 0 Å². The van der Waals surface area contributed by atoms with Gasteiger partial charge in [0.05, 0.1) is 0 Å². The average Bonchev–Trinajstić information content (AvgIpc) is 3.29. The van der Waals surface area contributed by atoms with Crippen molar-refractivity contribution in [2.75, 3.05) is 32.7 Å². The van der Waals surface area contributed by atoms with Gasteiger partial charge in [-0.25, -0.2) is 0 Å². The summed E-state index contributed by atoms with van der Waals surface area (Å²) in [6.45, 7) is 8.83. The van der Waals surface area contributed by atoms with E-state index in [1.54, 1.807) is 0 Å². The first-order valence-electron chi connectivity index (χ1n) is 9.52. The maximum absolute atomic E-state index is 12.5. The van der Waals surface area contributed by atoms with Crippen molar-refractivity contribution in [3.63, 3.8) is 0 Å². The van der Waals surface area contributed by atoms with Gasteiger partial charge in [-0.1, -0.05) is 0 Å². The van der Waals surface area contributed by atoms with Gasteiger partial charge in [0.25, 0.3) is 0 Å². The van der Waals surface area contributed by atoms with Gasteiger partial charge in [0.1, 0.15) is 0 Å². The molecule has 0 spiro atoms. The Labute approximate surface area is 149 Å². The van der Waals surface area contributed by atoms with Crippen LogP contribution in [0, 0.1) is 6.92 Å². The number of likely N-dealkylation sites (tertiary alicyclic amines) is 3. The summed E-state index contributed by atoms with van der Waals surface area (Å²) in [4.78, 5) is 22.7. The number of hydrogen-bond donors (Lipinski definition) is 0. The molecule has 0 unspecified atom stereocenters. The van der Waals surface area contributed by atoms with E-state index in [4.69, 9.17) is 0 Å². The molecular formula is C19H29N3OS. The lowest BCUT2D eigenvalue weighted by molar-refractivity contribution is -0.137. The van der Waals surface area contributed by atoms with Crippen LogP contribution in [0.1, 0.15) is 41.9 Å². The minimum atomic E-state index is 0.393. The number of carbonyl (C=O) groups is 1. The van der Waals surface area contributed by atoms with E-state index in [0.29, 0.717) is 18.0 Å². The van der Waals surface area contributed by atoms with Gasteiger partial charge in [-0.3, -0.25) is 9.69 Å². The lowest BCUT2D eigenvalue weighted by atomic mass is 9.96. The van der Waals surface area contributed by atoms with Gasteiger partial charge in [-0.15, -0.1) is 11.3 Å². The second-order valence-electron chi connectivity index (χ2n) is 7.58. The molecule has 4 nitrogen and oxygen atoms in total. The number of thiophene rings is 1. The van der Waals surface area contributed by atoms with Crippen molar-refractivity contribution in [3.8, 4) is 0 Å². The zero-order chi connectivity index (χ0) is 16.5. The van der Waals surface area contributed by atoms with Crippen molar-refractivity contribution in [3.05, 3.63) is 21.9 Å². The predicted octanol–water partition coefficient (Wildman–Crippen LogP) is 2.72. The lowest BCUT2D eigenvalue weighted by Gasteiger charge is -2.40. The van der Waals surface area contributed by atoms with Gasteiger partial charge < -0.3 is 9.80 Å². The van der Waals surface area contributed by atoms with Gasteiger partial charge in [0.15, 0.2) is 0 Å². The minimum Gasteiger partial charge on any atom is -0.337 e. The highest BCUT2D eigenvalue weighted by Gasteiger charge is 2.42.